The predicted molar refractivity (Wildman–Crippen MR) is 129 cm³/mol. The van der Waals surface area contributed by atoms with E-state index in [2.05, 4.69) is 53.3 Å². The molecular formula is C26H40N2O2. The van der Waals surface area contributed by atoms with E-state index in [1.165, 1.54) is 0 Å². The van der Waals surface area contributed by atoms with E-state index in [9.17, 15) is 9.59 Å². The minimum absolute atomic E-state index is 0.101. The standard InChI is InChI=1S/C26H40N2O2/c1-9-11-15-26(16-12-10-2,17-13-14-24(27)29)23(8)21(6)19(4)18(3)20(5)22(7)25(28)30/h3-17H2,1-2H3,(H2,27,29)(H2,28,30). The minimum atomic E-state index is -0.648. The second-order valence-electron chi connectivity index (χ2n) is 8.04. The van der Waals surface area contributed by atoms with Gasteiger partial charge >= 0.3 is 0 Å². The van der Waals surface area contributed by atoms with Gasteiger partial charge in [0.15, 0.2) is 0 Å². The molecule has 0 spiro atoms. The summed E-state index contributed by atoms with van der Waals surface area (Å²) < 4.78 is 0. The van der Waals surface area contributed by atoms with Crippen LogP contribution in [0.25, 0.3) is 0 Å². The number of primary amides is 2. The van der Waals surface area contributed by atoms with Crippen molar-refractivity contribution < 1.29 is 9.59 Å². The average molecular weight is 413 g/mol. The van der Waals surface area contributed by atoms with Crippen LogP contribution in [0.2, 0.25) is 0 Å². The molecule has 4 heteroatoms. The van der Waals surface area contributed by atoms with E-state index in [4.69, 9.17) is 11.5 Å². The predicted octanol–water partition coefficient (Wildman–Crippen LogP) is 5.83. The lowest BCUT2D eigenvalue weighted by atomic mass is 9.66. The lowest BCUT2D eigenvalue weighted by molar-refractivity contribution is -0.118. The maximum absolute atomic E-state index is 11.5. The average Bonchev–Trinajstić information content (AvgIpc) is 2.71. The molecular weight excluding hydrogens is 372 g/mol. The molecule has 0 aromatic carbocycles. The van der Waals surface area contributed by atoms with Crippen molar-refractivity contribution in [3.63, 3.8) is 0 Å². The van der Waals surface area contributed by atoms with Crippen LogP contribution in [-0.2, 0) is 9.59 Å². The molecule has 30 heavy (non-hydrogen) atoms. The van der Waals surface area contributed by atoms with E-state index in [0.717, 1.165) is 50.5 Å². The zero-order chi connectivity index (χ0) is 23.5. The van der Waals surface area contributed by atoms with Crippen molar-refractivity contribution in [3.05, 3.63) is 72.9 Å². The Morgan fingerprint density at radius 1 is 0.667 bits per heavy atom. The van der Waals surface area contributed by atoms with Gasteiger partial charge in [-0.3, -0.25) is 9.59 Å². The van der Waals surface area contributed by atoms with Crippen molar-refractivity contribution in [2.24, 2.45) is 16.9 Å². The first-order valence-electron chi connectivity index (χ1n) is 10.7. The highest BCUT2D eigenvalue weighted by atomic mass is 16.1. The molecule has 4 N–H and O–H groups in total. The summed E-state index contributed by atoms with van der Waals surface area (Å²) >= 11 is 0. The van der Waals surface area contributed by atoms with Crippen molar-refractivity contribution >= 4 is 11.8 Å². The van der Waals surface area contributed by atoms with Crippen LogP contribution in [0.3, 0.4) is 0 Å². The number of carbonyl (C=O) groups excluding carboxylic acids is 2. The first kappa shape index (κ1) is 27.4. The van der Waals surface area contributed by atoms with Gasteiger partial charge in [0.25, 0.3) is 0 Å². The maximum Gasteiger partial charge on any atom is 0.248 e. The number of amides is 2. The summed E-state index contributed by atoms with van der Waals surface area (Å²) in [4.78, 5) is 22.8. The molecule has 0 aliphatic carbocycles. The Labute approximate surface area is 183 Å². The third kappa shape index (κ3) is 7.66. The zero-order valence-corrected chi connectivity index (χ0v) is 19.1. The summed E-state index contributed by atoms with van der Waals surface area (Å²) in [6.45, 7) is 28.7. The molecule has 0 heterocycles. The van der Waals surface area contributed by atoms with Gasteiger partial charge in [0.1, 0.15) is 0 Å². The van der Waals surface area contributed by atoms with Crippen molar-refractivity contribution in [2.45, 2.75) is 71.6 Å². The normalized spacial score (nSPS) is 10.9. The molecule has 0 fully saturated rings. The molecule has 4 nitrogen and oxygen atoms in total. The quantitative estimate of drug-likeness (QED) is 0.232. The van der Waals surface area contributed by atoms with E-state index in [-0.39, 0.29) is 16.9 Å². The Balaban J connectivity index is 5.83. The molecule has 0 aromatic rings. The van der Waals surface area contributed by atoms with Crippen LogP contribution in [0.15, 0.2) is 72.9 Å². The van der Waals surface area contributed by atoms with Crippen LogP contribution < -0.4 is 11.5 Å². The van der Waals surface area contributed by atoms with Crippen molar-refractivity contribution in [3.8, 4) is 0 Å². The van der Waals surface area contributed by atoms with Gasteiger partial charge in [-0.15, -0.1) is 0 Å². The van der Waals surface area contributed by atoms with Crippen molar-refractivity contribution in [1.29, 1.82) is 0 Å². The molecule has 0 radical (unpaired) electrons. The Hall–Kier alpha value is -2.62. The molecule has 166 valence electrons. The molecule has 0 bridgehead atoms. The number of hydrogen-bond donors (Lipinski definition) is 2. The summed E-state index contributed by atoms with van der Waals surface area (Å²) in [5.74, 6) is -0.941. The Kier molecular flexibility index (Phi) is 11.7. The molecule has 0 rings (SSSR count). The Bertz CT molecular complexity index is 732. The molecule has 0 atom stereocenters. The molecule has 2 amide bonds. The molecule has 0 unspecified atom stereocenters. The largest absolute Gasteiger partial charge is 0.370 e. The second-order valence-corrected chi connectivity index (χ2v) is 8.04. The van der Waals surface area contributed by atoms with E-state index < -0.39 is 5.91 Å². The summed E-state index contributed by atoms with van der Waals surface area (Å²) in [5, 5.41) is 0. The van der Waals surface area contributed by atoms with E-state index in [0.29, 0.717) is 35.1 Å². The number of hydrogen-bond acceptors (Lipinski definition) is 2. The number of nitrogens with two attached hydrogens (primary N) is 2. The van der Waals surface area contributed by atoms with Gasteiger partial charge in [0, 0.05) is 12.0 Å². The number of allylic oxidation sites excluding steroid dienone is 4. The van der Waals surface area contributed by atoms with Gasteiger partial charge in [-0.25, -0.2) is 0 Å². The third-order valence-corrected chi connectivity index (χ3v) is 5.86. The van der Waals surface area contributed by atoms with Gasteiger partial charge in [0.2, 0.25) is 11.8 Å². The SMILES string of the molecule is C=C(C(=C)C(=C)C(=C)C(CCCC)(CCCC)CCCC(N)=O)C(=C)C(=C)C(N)=O. The first-order chi connectivity index (χ1) is 13.9. The van der Waals surface area contributed by atoms with Crippen LogP contribution in [0.1, 0.15) is 71.6 Å². The number of carbonyl (C=O) groups is 2. The van der Waals surface area contributed by atoms with Crippen molar-refractivity contribution in [1.82, 2.24) is 0 Å². The fourth-order valence-corrected chi connectivity index (χ4v) is 3.66. The molecule has 0 saturated carbocycles. The number of unbranched alkanes of at least 4 members (excludes halogenated alkanes) is 2. The second kappa shape index (κ2) is 12.8. The summed E-state index contributed by atoms with van der Waals surface area (Å²) in [7, 11) is 0. The van der Waals surface area contributed by atoms with Crippen molar-refractivity contribution in [2.75, 3.05) is 0 Å². The van der Waals surface area contributed by atoms with Gasteiger partial charge in [-0.1, -0.05) is 79.0 Å². The highest BCUT2D eigenvalue weighted by Crippen LogP contribution is 2.47. The van der Waals surface area contributed by atoms with Gasteiger partial charge in [-0.05, 0) is 59.0 Å². The minimum Gasteiger partial charge on any atom is -0.370 e. The Morgan fingerprint density at radius 3 is 1.47 bits per heavy atom. The van der Waals surface area contributed by atoms with Gasteiger partial charge in [-0.2, -0.15) is 0 Å². The van der Waals surface area contributed by atoms with Crippen LogP contribution in [-0.4, -0.2) is 11.8 Å². The highest BCUT2D eigenvalue weighted by Gasteiger charge is 2.34. The maximum atomic E-state index is 11.5. The van der Waals surface area contributed by atoms with Crippen LogP contribution in [0.4, 0.5) is 0 Å². The van der Waals surface area contributed by atoms with E-state index in [1.54, 1.807) is 0 Å². The third-order valence-electron chi connectivity index (χ3n) is 5.86. The molecule has 0 aliphatic heterocycles. The summed E-state index contributed by atoms with van der Waals surface area (Å²) in [6.07, 6.45) is 7.98. The zero-order valence-electron chi connectivity index (χ0n) is 19.1. The van der Waals surface area contributed by atoms with E-state index in [1.807, 2.05) is 0 Å². The summed E-state index contributed by atoms with van der Waals surface area (Å²) in [6, 6.07) is 0. The first-order valence-corrected chi connectivity index (χ1v) is 10.7. The monoisotopic (exact) mass is 412 g/mol. The van der Waals surface area contributed by atoms with Crippen LogP contribution in [0, 0.1) is 5.41 Å². The van der Waals surface area contributed by atoms with Gasteiger partial charge in [0.05, 0.1) is 0 Å². The number of rotatable bonds is 17. The van der Waals surface area contributed by atoms with Crippen LogP contribution in [0.5, 0.6) is 0 Å². The fourth-order valence-electron chi connectivity index (χ4n) is 3.66. The van der Waals surface area contributed by atoms with Crippen LogP contribution >= 0.6 is 0 Å². The van der Waals surface area contributed by atoms with Gasteiger partial charge < -0.3 is 11.5 Å². The molecule has 0 saturated heterocycles. The highest BCUT2D eigenvalue weighted by molar-refractivity contribution is 5.97. The smallest absolute Gasteiger partial charge is 0.248 e. The van der Waals surface area contributed by atoms with E-state index >= 15 is 0 Å². The fraction of sp³-hybridized carbons (Fsp3) is 0.462. The Morgan fingerprint density at radius 2 is 1.07 bits per heavy atom. The lowest BCUT2D eigenvalue weighted by Gasteiger charge is -2.38. The summed E-state index contributed by atoms with van der Waals surface area (Å²) in [5.41, 5.74) is 13.6. The lowest BCUT2D eigenvalue weighted by Crippen LogP contribution is -2.26. The topological polar surface area (TPSA) is 86.2 Å². The molecule has 0 aliphatic rings. The molecule has 0 aromatic heterocycles.